The van der Waals surface area contributed by atoms with Gasteiger partial charge in [0, 0.05) is 54.6 Å². The Kier molecular flexibility index (Phi) is 7.73. The van der Waals surface area contributed by atoms with Crippen LogP contribution in [-0.4, -0.2) is 9.97 Å². The first-order chi connectivity index (χ1) is 28.1. The van der Waals surface area contributed by atoms with Crippen molar-refractivity contribution in [3.05, 3.63) is 200 Å². The zero-order valence-electron chi connectivity index (χ0n) is 30.7. The summed E-state index contributed by atoms with van der Waals surface area (Å²) in [7, 11) is -3.11. The second-order valence-corrected chi connectivity index (χ2v) is 17.2. The minimum atomic E-state index is -3.11. The van der Waals surface area contributed by atoms with Gasteiger partial charge in [0.15, 0.2) is 7.14 Å². The molecule has 0 saturated carbocycles. The molecule has 0 aliphatic carbocycles. The van der Waals surface area contributed by atoms with E-state index in [2.05, 4.69) is 114 Å². The number of nitrogens with zero attached hydrogens (tertiary/aromatic N) is 2. The van der Waals surface area contributed by atoms with Crippen molar-refractivity contribution in [1.82, 2.24) is 9.97 Å². The van der Waals surface area contributed by atoms with Gasteiger partial charge in [-0.15, -0.1) is 0 Å². The fraction of sp³-hybridized carbons (Fsp3) is 0. The summed E-state index contributed by atoms with van der Waals surface area (Å²) in [5.74, 6) is 0. The molecule has 0 bridgehead atoms. The largest absolute Gasteiger partial charge is 0.455 e. The highest BCUT2D eigenvalue weighted by atomic mass is 31.2. The first-order valence-corrected chi connectivity index (χ1v) is 20.8. The smallest absolute Gasteiger partial charge is 0.171 e. The SMILES string of the molecule is O=P(c1ccccc1)(c1ccccc1)c1ccc(-c2cccc3oc4c5ccccc5c(-c5cccc(-c6ccc7ccc8cccnc8c7n6)c5)cc4c23)cc1. The maximum atomic E-state index is 15.1. The van der Waals surface area contributed by atoms with Gasteiger partial charge in [0.25, 0.3) is 0 Å². The topological polar surface area (TPSA) is 56.0 Å². The number of benzene rings is 8. The van der Waals surface area contributed by atoms with E-state index < -0.39 is 7.14 Å². The van der Waals surface area contributed by atoms with E-state index in [9.17, 15) is 0 Å². The van der Waals surface area contributed by atoms with Crippen molar-refractivity contribution in [3.63, 3.8) is 0 Å². The van der Waals surface area contributed by atoms with Gasteiger partial charge in [0.2, 0.25) is 0 Å². The average molecular weight is 749 g/mol. The van der Waals surface area contributed by atoms with Gasteiger partial charge in [-0.1, -0.05) is 164 Å². The van der Waals surface area contributed by atoms with Crippen molar-refractivity contribution in [2.75, 3.05) is 0 Å². The molecule has 0 saturated heterocycles. The normalized spacial score (nSPS) is 11.9. The summed E-state index contributed by atoms with van der Waals surface area (Å²) >= 11 is 0. The molecule has 3 heterocycles. The van der Waals surface area contributed by atoms with Crippen molar-refractivity contribution >= 4 is 77.6 Å². The number of pyridine rings is 2. The quantitative estimate of drug-likeness (QED) is 0.125. The molecule has 0 amide bonds. The molecule has 4 nitrogen and oxygen atoms in total. The summed E-state index contributed by atoms with van der Waals surface area (Å²) < 4.78 is 21.8. The summed E-state index contributed by atoms with van der Waals surface area (Å²) in [5, 5.41) is 8.84. The van der Waals surface area contributed by atoms with Crippen molar-refractivity contribution in [1.29, 1.82) is 0 Å². The minimum absolute atomic E-state index is 0.798. The van der Waals surface area contributed by atoms with Crippen LogP contribution in [0.25, 0.3) is 88.0 Å². The van der Waals surface area contributed by atoms with Crippen molar-refractivity contribution in [3.8, 4) is 33.5 Å². The van der Waals surface area contributed by atoms with Crippen LogP contribution in [0.3, 0.4) is 0 Å². The van der Waals surface area contributed by atoms with Crippen LogP contribution in [0.2, 0.25) is 0 Å². The van der Waals surface area contributed by atoms with E-state index in [-0.39, 0.29) is 0 Å². The second kappa shape index (κ2) is 13.3. The lowest BCUT2D eigenvalue weighted by Crippen LogP contribution is -2.24. The number of fused-ring (bicyclic) bond motifs is 8. The summed E-state index contributed by atoms with van der Waals surface area (Å²) in [6.07, 6.45) is 1.83. The van der Waals surface area contributed by atoms with Crippen LogP contribution in [0.15, 0.2) is 205 Å². The summed E-state index contributed by atoms with van der Waals surface area (Å²) in [6, 6.07) is 66.0. The lowest BCUT2D eigenvalue weighted by Gasteiger charge is -2.20. The average Bonchev–Trinajstić information content (AvgIpc) is 3.68. The van der Waals surface area contributed by atoms with Crippen LogP contribution >= 0.6 is 7.14 Å². The first-order valence-electron chi connectivity index (χ1n) is 19.1. The molecule has 0 atom stereocenters. The molecule has 11 rings (SSSR count). The number of aromatic nitrogens is 2. The summed E-state index contributed by atoms with van der Waals surface area (Å²) in [4.78, 5) is 9.84. The molecule has 0 spiro atoms. The molecule has 0 fully saturated rings. The Morgan fingerprint density at radius 3 is 1.86 bits per heavy atom. The minimum Gasteiger partial charge on any atom is -0.455 e. The Bertz CT molecular complexity index is 3330. The van der Waals surface area contributed by atoms with E-state index in [0.29, 0.717) is 0 Å². The van der Waals surface area contributed by atoms with E-state index >= 15 is 4.57 Å². The molecular weight excluding hydrogens is 716 g/mol. The zero-order valence-corrected chi connectivity index (χ0v) is 31.6. The highest BCUT2D eigenvalue weighted by Crippen LogP contribution is 2.45. The maximum absolute atomic E-state index is 15.1. The van der Waals surface area contributed by atoms with Crippen molar-refractivity contribution in [2.24, 2.45) is 0 Å². The van der Waals surface area contributed by atoms with Crippen molar-refractivity contribution < 1.29 is 8.98 Å². The lowest BCUT2D eigenvalue weighted by atomic mass is 9.92. The molecule has 0 unspecified atom stereocenters. The highest BCUT2D eigenvalue weighted by molar-refractivity contribution is 7.85. The Balaban J connectivity index is 1.06. The zero-order chi connectivity index (χ0) is 37.9. The van der Waals surface area contributed by atoms with Gasteiger partial charge in [0.1, 0.15) is 11.2 Å². The summed E-state index contributed by atoms with van der Waals surface area (Å²) in [5.41, 5.74) is 9.72. The van der Waals surface area contributed by atoms with E-state index in [1.807, 2.05) is 91.1 Å². The molecule has 8 aromatic carbocycles. The van der Waals surface area contributed by atoms with Gasteiger partial charge < -0.3 is 8.98 Å². The molecule has 0 N–H and O–H groups in total. The van der Waals surface area contributed by atoms with E-state index in [1.165, 1.54) is 0 Å². The van der Waals surface area contributed by atoms with Crippen LogP contribution in [0.1, 0.15) is 0 Å². The third-order valence-corrected chi connectivity index (χ3v) is 14.3. The van der Waals surface area contributed by atoms with Gasteiger partial charge in [-0.25, -0.2) is 4.98 Å². The molecular formula is C52H33N2O2P. The van der Waals surface area contributed by atoms with Crippen LogP contribution < -0.4 is 15.9 Å². The Morgan fingerprint density at radius 2 is 1.09 bits per heavy atom. The molecule has 0 aliphatic rings. The van der Waals surface area contributed by atoms with E-state index in [0.717, 1.165) is 104 Å². The van der Waals surface area contributed by atoms with E-state index in [1.54, 1.807) is 0 Å². The van der Waals surface area contributed by atoms with Gasteiger partial charge in [0.05, 0.1) is 16.7 Å². The fourth-order valence-corrected chi connectivity index (χ4v) is 11.1. The number of hydrogen-bond acceptors (Lipinski definition) is 4. The third-order valence-electron chi connectivity index (χ3n) is 11.2. The lowest BCUT2D eigenvalue weighted by molar-refractivity contribution is 0.592. The molecule has 5 heteroatoms. The predicted octanol–water partition coefficient (Wildman–Crippen LogP) is 12.5. The number of rotatable bonds is 6. The van der Waals surface area contributed by atoms with Gasteiger partial charge in [-0.2, -0.15) is 0 Å². The van der Waals surface area contributed by atoms with Gasteiger partial charge in [-0.3, -0.25) is 4.98 Å². The predicted molar refractivity (Wildman–Crippen MR) is 238 cm³/mol. The van der Waals surface area contributed by atoms with E-state index in [4.69, 9.17) is 9.40 Å². The van der Waals surface area contributed by atoms with Gasteiger partial charge >= 0.3 is 0 Å². The standard InChI is InChI=1S/C52H33N2O2P/c55-57(39-15-3-1-4-16-39,40-17-5-2-6-18-40)41-28-25-34(26-29-41)42-21-10-22-48-49(42)46-33-45(43-19-7-8-20-44(43)52(46)56-48)37-12-9-13-38(32-37)47-30-27-36-24-23-35-14-11-31-53-50(35)51(36)54-47/h1-33H. The fourth-order valence-electron chi connectivity index (χ4n) is 8.43. The number of furan rings is 1. The first kappa shape index (κ1) is 33.2. The second-order valence-electron chi connectivity index (χ2n) is 14.4. The van der Waals surface area contributed by atoms with Crippen LogP contribution in [0.4, 0.5) is 0 Å². The van der Waals surface area contributed by atoms with Crippen molar-refractivity contribution in [2.45, 2.75) is 0 Å². The Morgan fingerprint density at radius 1 is 0.439 bits per heavy atom. The number of hydrogen-bond donors (Lipinski definition) is 0. The molecule has 57 heavy (non-hydrogen) atoms. The van der Waals surface area contributed by atoms with Gasteiger partial charge in [-0.05, 0) is 58.0 Å². The maximum Gasteiger partial charge on any atom is 0.171 e. The molecule has 0 radical (unpaired) electrons. The Labute approximate surface area is 329 Å². The monoisotopic (exact) mass is 748 g/mol. The molecule has 11 aromatic rings. The third kappa shape index (κ3) is 5.41. The molecule has 0 aliphatic heterocycles. The Hall–Kier alpha value is -7.13. The molecule has 268 valence electrons. The van der Waals surface area contributed by atoms with Crippen LogP contribution in [-0.2, 0) is 4.57 Å². The van der Waals surface area contributed by atoms with Crippen LogP contribution in [0, 0.1) is 0 Å². The molecule has 3 aromatic heterocycles. The summed E-state index contributed by atoms with van der Waals surface area (Å²) in [6.45, 7) is 0. The van der Waals surface area contributed by atoms with Crippen LogP contribution in [0.5, 0.6) is 0 Å². The highest BCUT2D eigenvalue weighted by Gasteiger charge is 2.29.